The lowest BCUT2D eigenvalue weighted by Crippen LogP contribution is -1.97. The lowest BCUT2D eigenvalue weighted by molar-refractivity contribution is 0.0697. The molecule has 3 nitrogen and oxygen atoms in total. The molecule has 0 aliphatic heterocycles. The molecule has 0 aliphatic rings. The number of hydrogen-bond donors (Lipinski definition) is 1. The van der Waals surface area contributed by atoms with Crippen molar-refractivity contribution < 1.29 is 14.6 Å². The molecule has 0 bridgehead atoms. The SMILES string of the molecule is CCCCCCCCCCOc1ccc(-c2ccc3cc(C(=O)O)ccc3c2)cc1. The van der Waals surface area contributed by atoms with E-state index in [1.54, 1.807) is 12.1 Å². The molecule has 0 spiro atoms. The minimum atomic E-state index is -0.900. The normalized spacial score (nSPS) is 11.0. The number of rotatable bonds is 12. The third-order valence-corrected chi connectivity index (χ3v) is 5.54. The van der Waals surface area contributed by atoms with Crippen LogP contribution < -0.4 is 4.74 Å². The largest absolute Gasteiger partial charge is 0.494 e. The first-order valence-electron chi connectivity index (χ1n) is 11.2. The van der Waals surface area contributed by atoms with Crippen molar-refractivity contribution in [2.45, 2.75) is 58.3 Å². The molecule has 0 saturated carbocycles. The predicted molar refractivity (Wildman–Crippen MR) is 124 cm³/mol. The molecule has 0 radical (unpaired) electrons. The van der Waals surface area contributed by atoms with Crippen molar-refractivity contribution in [3.05, 3.63) is 66.2 Å². The van der Waals surface area contributed by atoms with Gasteiger partial charge in [0.05, 0.1) is 12.2 Å². The van der Waals surface area contributed by atoms with Crippen molar-refractivity contribution in [2.75, 3.05) is 6.61 Å². The van der Waals surface area contributed by atoms with Crippen molar-refractivity contribution in [1.29, 1.82) is 0 Å². The van der Waals surface area contributed by atoms with Crippen LogP contribution in [0, 0.1) is 0 Å². The van der Waals surface area contributed by atoms with Crippen molar-refractivity contribution in [1.82, 2.24) is 0 Å². The van der Waals surface area contributed by atoms with Crippen LogP contribution in [0.3, 0.4) is 0 Å². The average molecular weight is 405 g/mol. The maximum atomic E-state index is 11.1. The summed E-state index contributed by atoms with van der Waals surface area (Å²) >= 11 is 0. The molecule has 0 saturated heterocycles. The second kappa shape index (κ2) is 11.4. The summed E-state index contributed by atoms with van der Waals surface area (Å²) in [7, 11) is 0. The molecule has 30 heavy (non-hydrogen) atoms. The fourth-order valence-electron chi connectivity index (χ4n) is 3.73. The average Bonchev–Trinajstić information content (AvgIpc) is 2.77. The molecule has 0 fully saturated rings. The van der Waals surface area contributed by atoms with Crippen molar-refractivity contribution in [3.63, 3.8) is 0 Å². The summed E-state index contributed by atoms with van der Waals surface area (Å²) in [6.45, 7) is 3.03. The van der Waals surface area contributed by atoms with E-state index < -0.39 is 5.97 Å². The van der Waals surface area contributed by atoms with Gasteiger partial charge < -0.3 is 9.84 Å². The summed E-state index contributed by atoms with van der Waals surface area (Å²) in [5, 5.41) is 11.1. The molecule has 1 N–H and O–H groups in total. The standard InChI is InChI=1S/C27H32O3/c1-2-3-4-5-6-7-8-9-18-30-26-16-14-21(15-17-26)22-10-11-24-20-25(27(28)29)13-12-23(24)19-22/h10-17,19-20H,2-9,18H2,1H3,(H,28,29). The van der Waals surface area contributed by atoms with Gasteiger partial charge in [-0.25, -0.2) is 4.79 Å². The van der Waals surface area contributed by atoms with E-state index in [-0.39, 0.29) is 0 Å². The third-order valence-electron chi connectivity index (χ3n) is 5.54. The molecule has 0 heterocycles. The molecular formula is C27H32O3. The van der Waals surface area contributed by atoms with E-state index in [4.69, 9.17) is 9.84 Å². The van der Waals surface area contributed by atoms with Gasteiger partial charge in [-0.1, -0.05) is 82.2 Å². The van der Waals surface area contributed by atoms with E-state index in [0.29, 0.717) is 5.56 Å². The molecule has 3 heteroatoms. The number of benzene rings is 3. The zero-order valence-electron chi connectivity index (χ0n) is 17.9. The highest BCUT2D eigenvalue weighted by Gasteiger charge is 2.05. The van der Waals surface area contributed by atoms with E-state index in [0.717, 1.165) is 40.7 Å². The van der Waals surface area contributed by atoms with E-state index >= 15 is 0 Å². The molecule has 3 aromatic carbocycles. The Bertz CT molecular complexity index is 944. The summed E-state index contributed by atoms with van der Waals surface area (Å²) < 4.78 is 5.89. The van der Waals surface area contributed by atoms with Crippen molar-refractivity contribution >= 4 is 16.7 Å². The first-order chi connectivity index (χ1) is 14.7. The highest BCUT2D eigenvalue weighted by atomic mass is 16.5. The molecule has 0 aromatic heterocycles. The number of aromatic carboxylic acids is 1. The summed E-state index contributed by atoms with van der Waals surface area (Å²) in [6.07, 6.45) is 10.4. The predicted octanol–water partition coefficient (Wildman–Crippen LogP) is 7.72. The number of ether oxygens (including phenoxy) is 1. The third kappa shape index (κ3) is 6.35. The van der Waals surface area contributed by atoms with Crippen LogP contribution in [-0.4, -0.2) is 17.7 Å². The van der Waals surface area contributed by atoms with Gasteiger partial charge >= 0.3 is 5.97 Å². The van der Waals surface area contributed by atoms with Crippen LogP contribution in [0.15, 0.2) is 60.7 Å². The first-order valence-corrected chi connectivity index (χ1v) is 11.2. The number of hydrogen-bond acceptors (Lipinski definition) is 2. The van der Waals surface area contributed by atoms with Gasteiger partial charge in [-0.2, -0.15) is 0 Å². The molecular weight excluding hydrogens is 372 g/mol. The number of fused-ring (bicyclic) bond motifs is 1. The van der Waals surface area contributed by atoms with Crippen LogP contribution in [-0.2, 0) is 0 Å². The number of carboxylic acids is 1. The van der Waals surface area contributed by atoms with Crippen LogP contribution in [0.1, 0.15) is 68.6 Å². The van der Waals surface area contributed by atoms with Gasteiger partial charge in [-0.05, 0) is 58.7 Å². The van der Waals surface area contributed by atoms with Gasteiger partial charge in [0.1, 0.15) is 5.75 Å². The Kier molecular flexibility index (Phi) is 8.31. The first kappa shape index (κ1) is 21.9. The van der Waals surface area contributed by atoms with Crippen LogP contribution >= 0.6 is 0 Å². The zero-order valence-corrected chi connectivity index (χ0v) is 17.9. The molecule has 3 aromatic rings. The molecule has 0 unspecified atom stereocenters. The Morgan fingerprint density at radius 2 is 1.33 bits per heavy atom. The lowest BCUT2D eigenvalue weighted by Gasteiger charge is -2.09. The van der Waals surface area contributed by atoms with Crippen LogP contribution in [0.5, 0.6) is 5.75 Å². The Labute approximate surface area is 179 Å². The van der Waals surface area contributed by atoms with E-state index in [1.807, 2.05) is 30.3 Å². The summed E-state index contributed by atoms with van der Waals surface area (Å²) in [6, 6.07) is 19.5. The lowest BCUT2D eigenvalue weighted by atomic mass is 10.00. The van der Waals surface area contributed by atoms with Gasteiger partial charge in [-0.3, -0.25) is 0 Å². The fraction of sp³-hybridized carbons (Fsp3) is 0.370. The minimum absolute atomic E-state index is 0.313. The summed E-state index contributed by atoms with van der Waals surface area (Å²) in [5.74, 6) is 0.0112. The molecule has 0 aliphatic carbocycles. The maximum Gasteiger partial charge on any atom is 0.335 e. The van der Waals surface area contributed by atoms with Gasteiger partial charge in [0, 0.05) is 0 Å². The second-order valence-electron chi connectivity index (χ2n) is 7.93. The van der Waals surface area contributed by atoms with Crippen LogP contribution in [0.4, 0.5) is 0 Å². The monoisotopic (exact) mass is 404 g/mol. The van der Waals surface area contributed by atoms with E-state index in [2.05, 4.69) is 25.1 Å². The van der Waals surface area contributed by atoms with E-state index in [1.165, 1.54) is 44.9 Å². The topological polar surface area (TPSA) is 46.5 Å². The Balaban J connectivity index is 1.48. The van der Waals surface area contributed by atoms with Crippen LogP contribution in [0.25, 0.3) is 21.9 Å². The van der Waals surface area contributed by atoms with Crippen LogP contribution in [0.2, 0.25) is 0 Å². The minimum Gasteiger partial charge on any atom is -0.494 e. The van der Waals surface area contributed by atoms with Gasteiger partial charge in [0.25, 0.3) is 0 Å². The Morgan fingerprint density at radius 1 is 0.733 bits per heavy atom. The Hall–Kier alpha value is -2.81. The van der Waals surface area contributed by atoms with E-state index in [9.17, 15) is 4.79 Å². The number of carbonyl (C=O) groups is 1. The molecule has 3 rings (SSSR count). The smallest absolute Gasteiger partial charge is 0.335 e. The highest BCUT2D eigenvalue weighted by Crippen LogP contribution is 2.27. The van der Waals surface area contributed by atoms with Crippen molar-refractivity contribution in [3.8, 4) is 16.9 Å². The quantitative estimate of drug-likeness (QED) is 0.314. The summed E-state index contributed by atoms with van der Waals surface area (Å²) in [5.41, 5.74) is 2.55. The number of carboxylic acid groups (broad SMARTS) is 1. The Morgan fingerprint density at radius 3 is 2.03 bits per heavy atom. The highest BCUT2D eigenvalue weighted by molar-refractivity contribution is 5.95. The van der Waals surface area contributed by atoms with Gasteiger partial charge in [-0.15, -0.1) is 0 Å². The zero-order chi connectivity index (χ0) is 21.2. The number of unbranched alkanes of at least 4 members (excludes halogenated alkanes) is 7. The van der Waals surface area contributed by atoms with Gasteiger partial charge in [0.2, 0.25) is 0 Å². The molecule has 0 atom stereocenters. The maximum absolute atomic E-state index is 11.1. The summed E-state index contributed by atoms with van der Waals surface area (Å²) in [4.78, 5) is 11.1. The second-order valence-corrected chi connectivity index (χ2v) is 7.93. The van der Waals surface area contributed by atoms with Gasteiger partial charge in [0.15, 0.2) is 0 Å². The molecule has 0 amide bonds. The molecule has 158 valence electrons. The van der Waals surface area contributed by atoms with Crippen molar-refractivity contribution in [2.24, 2.45) is 0 Å². The fourth-order valence-corrected chi connectivity index (χ4v) is 3.73.